The van der Waals surface area contributed by atoms with E-state index in [1.165, 1.54) is 29.6 Å². The van der Waals surface area contributed by atoms with Gasteiger partial charge in [-0.3, -0.25) is 19.3 Å². The second-order valence-corrected chi connectivity index (χ2v) is 13.2. The zero-order valence-electron chi connectivity index (χ0n) is 24.1. The number of benzene rings is 2. The molecule has 1 aliphatic carbocycles. The molecule has 2 aromatic rings. The van der Waals surface area contributed by atoms with Crippen molar-refractivity contribution in [2.45, 2.75) is 64.8 Å². The van der Waals surface area contributed by atoms with Crippen LogP contribution in [-0.4, -0.2) is 61.6 Å². The molecule has 0 radical (unpaired) electrons. The summed E-state index contributed by atoms with van der Waals surface area (Å²) in [6.07, 6.45) is 1.28. The number of anilines is 1. The van der Waals surface area contributed by atoms with Gasteiger partial charge in [-0.15, -0.1) is 0 Å². The number of hydrogen-bond acceptors (Lipinski definition) is 6. The number of piperidine rings is 1. The lowest BCUT2D eigenvalue weighted by Crippen LogP contribution is -2.64. The van der Waals surface area contributed by atoms with Gasteiger partial charge in [-0.2, -0.15) is 4.31 Å². The van der Waals surface area contributed by atoms with Crippen LogP contribution in [0.4, 0.5) is 5.69 Å². The van der Waals surface area contributed by atoms with Crippen molar-refractivity contribution < 1.29 is 27.5 Å². The second kappa shape index (κ2) is 11.0. The molecule has 216 valence electrons. The van der Waals surface area contributed by atoms with Crippen LogP contribution in [0, 0.1) is 16.7 Å². The van der Waals surface area contributed by atoms with Gasteiger partial charge in [0, 0.05) is 25.4 Å². The van der Waals surface area contributed by atoms with Crippen LogP contribution in [0.5, 0.6) is 5.75 Å². The number of nitrogens with one attached hydrogen (secondary N) is 1. The van der Waals surface area contributed by atoms with E-state index in [-0.39, 0.29) is 40.5 Å². The number of imide groups is 1. The summed E-state index contributed by atoms with van der Waals surface area (Å²) in [7, 11) is -2.39. The smallest absolute Gasteiger partial charge is 0.248 e. The summed E-state index contributed by atoms with van der Waals surface area (Å²) in [6, 6.07) is 12.4. The van der Waals surface area contributed by atoms with Gasteiger partial charge < -0.3 is 10.1 Å². The Hall–Kier alpha value is -3.24. The molecule has 2 bridgehead atoms. The summed E-state index contributed by atoms with van der Waals surface area (Å²) >= 11 is 0. The molecule has 10 heteroatoms. The van der Waals surface area contributed by atoms with Gasteiger partial charge in [-0.1, -0.05) is 65.0 Å². The summed E-state index contributed by atoms with van der Waals surface area (Å²) in [5, 5.41) is 2.80. The van der Waals surface area contributed by atoms with Gasteiger partial charge in [0.05, 0.1) is 23.1 Å². The van der Waals surface area contributed by atoms with Crippen molar-refractivity contribution >= 4 is 33.4 Å². The zero-order chi connectivity index (χ0) is 29.5. The number of likely N-dealkylation sites (tertiary alicyclic amines) is 1. The van der Waals surface area contributed by atoms with Crippen molar-refractivity contribution in [3.63, 3.8) is 0 Å². The molecule has 1 saturated carbocycles. The molecule has 1 N–H and O–H groups in total. The van der Waals surface area contributed by atoms with Gasteiger partial charge >= 0.3 is 0 Å². The zero-order valence-corrected chi connectivity index (χ0v) is 24.9. The molecule has 40 heavy (non-hydrogen) atoms. The van der Waals surface area contributed by atoms with Crippen LogP contribution in [0.2, 0.25) is 0 Å². The highest BCUT2D eigenvalue weighted by atomic mass is 32.2. The molecule has 0 spiro atoms. The van der Waals surface area contributed by atoms with Crippen LogP contribution >= 0.6 is 0 Å². The number of fused-ring (bicyclic) bond motifs is 2. The van der Waals surface area contributed by atoms with Crippen molar-refractivity contribution in [3.8, 4) is 5.75 Å². The highest BCUT2D eigenvalue weighted by molar-refractivity contribution is 7.89. The fourth-order valence-electron chi connectivity index (χ4n) is 6.16. The molecule has 0 aromatic heterocycles. The largest absolute Gasteiger partial charge is 0.495 e. The number of rotatable bonds is 10. The first-order valence-corrected chi connectivity index (χ1v) is 15.2. The van der Waals surface area contributed by atoms with E-state index in [2.05, 4.69) is 5.32 Å². The quantitative estimate of drug-likeness (QED) is 0.432. The number of carbonyl (C=O) groups is 3. The van der Waals surface area contributed by atoms with Gasteiger partial charge in [-0.25, -0.2) is 8.42 Å². The predicted molar refractivity (Wildman–Crippen MR) is 152 cm³/mol. The van der Waals surface area contributed by atoms with E-state index >= 15 is 0 Å². The number of methoxy groups -OCH3 is 1. The first-order valence-electron chi connectivity index (χ1n) is 13.7. The summed E-state index contributed by atoms with van der Waals surface area (Å²) in [5.74, 6) is -1.40. The highest BCUT2D eigenvalue weighted by Crippen LogP contribution is 2.60. The summed E-state index contributed by atoms with van der Waals surface area (Å²) in [5.41, 5.74) is -0.376. The minimum Gasteiger partial charge on any atom is -0.495 e. The van der Waals surface area contributed by atoms with Crippen LogP contribution in [-0.2, 0) is 30.8 Å². The Bertz CT molecular complexity index is 1400. The molecule has 2 fully saturated rings. The van der Waals surface area contributed by atoms with Gasteiger partial charge in [-0.05, 0) is 42.0 Å². The fraction of sp³-hybridized carbons (Fsp3) is 0.500. The number of amides is 3. The predicted octanol–water partition coefficient (Wildman–Crippen LogP) is 4.09. The van der Waals surface area contributed by atoms with Gasteiger partial charge in [0.15, 0.2) is 0 Å². The van der Waals surface area contributed by atoms with Crippen molar-refractivity contribution in [3.05, 3.63) is 54.1 Å². The maximum Gasteiger partial charge on any atom is 0.248 e. The van der Waals surface area contributed by atoms with Crippen LogP contribution in [0.1, 0.15) is 53.0 Å². The topological polar surface area (TPSA) is 113 Å². The minimum atomic E-state index is -3.81. The molecule has 1 heterocycles. The minimum absolute atomic E-state index is 0.00402. The van der Waals surface area contributed by atoms with E-state index in [4.69, 9.17) is 4.74 Å². The molecule has 4 rings (SSSR count). The van der Waals surface area contributed by atoms with Gasteiger partial charge in [0.2, 0.25) is 27.7 Å². The van der Waals surface area contributed by atoms with Crippen molar-refractivity contribution in [1.82, 2.24) is 9.21 Å². The van der Waals surface area contributed by atoms with E-state index < -0.39 is 32.8 Å². The maximum atomic E-state index is 14.0. The number of carbonyl (C=O) groups excluding carboxylic acids is 3. The normalized spacial score (nSPS) is 22.9. The van der Waals surface area contributed by atoms with E-state index in [1.807, 2.05) is 51.1 Å². The van der Waals surface area contributed by atoms with Crippen molar-refractivity contribution in [2.75, 3.05) is 25.5 Å². The third kappa shape index (κ3) is 4.81. The average molecular weight is 570 g/mol. The summed E-state index contributed by atoms with van der Waals surface area (Å²) < 4.78 is 33.1. The second-order valence-electron chi connectivity index (χ2n) is 11.3. The standard InChI is InChI=1S/C30H39N3O6S/c1-7-32(8-2)40(37,38)21-14-15-25(39-6)23(19-21)31-26(34)24(18-20-12-10-9-11-13-20)33-27(35)22-16-17-30(5,28(33)36)29(22,3)4/h9-15,19,22,24H,7-8,16-18H2,1-6H3,(H,31,34). The number of nitrogens with zero attached hydrogens (tertiary/aromatic N) is 2. The summed E-state index contributed by atoms with van der Waals surface area (Å²) in [6.45, 7) is 9.89. The SMILES string of the molecule is CCN(CC)S(=O)(=O)c1ccc(OC)c(NC(=O)C(Cc2ccccc2)N2C(=O)C3CCC(C)(C2=O)C3(C)C)c1. The van der Waals surface area contributed by atoms with E-state index in [1.54, 1.807) is 13.8 Å². The molecule has 3 unspecified atom stereocenters. The molecule has 1 aliphatic heterocycles. The summed E-state index contributed by atoms with van der Waals surface area (Å²) in [4.78, 5) is 43.0. The van der Waals surface area contributed by atoms with Gasteiger partial charge in [0.25, 0.3) is 0 Å². The molecule has 9 nitrogen and oxygen atoms in total. The first-order chi connectivity index (χ1) is 18.8. The lowest BCUT2D eigenvalue weighted by molar-refractivity contribution is -0.172. The lowest BCUT2D eigenvalue weighted by Gasteiger charge is -2.49. The number of hydrogen-bond donors (Lipinski definition) is 1. The fourth-order valence-corrected chi connectivity index (χ4v) is 7.64. The Balaban J connectivity index is 1.75. The van der Waals surface area contributed by atoms with Crippen LogP contribution in [0.3, 0.4) is 0 Å². The molecule has 2 aromatic carbocycles. The van der Waals surface area contributed by atoms with E-state index in [0.29, 0.717) is 25.9 Å². The number of sulfonamides is 1. The monoisotopic (exact) mass is 569 g/mol. The van der Waals surface area contributed by atoms with Crippen molar-refractivity contribution in [1.29, 1.82) is 0 Å². The van der Waals surface area contributed by atoms with E-state index in [0.717, 1.165) is 10.5 Å². The third-order valence-corrected chi connectivity index (χ3v) is 11.2. The molecule has 3 amide bonds. The average Bonchev–Trinajstić information content (AvgIpc) is 3.11. The third-order valence-electron chi connectivity index (χ3n) is 9.11. The molecule has 1 saturated heterocycles. The Kier molecular flexibility index (Phi) is 8.15. The molecular weight excluding hydrogens is 530 g/mol. The molecular formula is C30H39N3O6S. The van der Waals surface area contributed by atoms with Crippen LogP contribution in [0.25, 0.3) is 0 Å². The Morgan fingerprint density at radius 1 is 1.10 bits per heavy atom. The van der Waals surface area contributed by atoms with E-state index in [9.17, 15) is 22.8 Å². The maximum absolute atomic E-state index is 14.0. The van der Waals surface area contributed by atoms with Crippen LogP contribution < -0.4 is 10.1 Å². The Morgan fingerprint density at radius 2 is 1.75 bits per heavy atom. The number of ether oxygens (including phenoxy) is 1. The molecule has 2 aliphatic rings. The first kappa shape index (κ1) is 29.7. The Labute approximate surface area is 236 Å². The Morgan fingerprint density at radius 3 is 2.35 bits per heavy atom. The lowest BCUT2D eigenvalue weighted by atomic mass is 9.62. The van der Waals surface area contributed by atoms with Crippen molar-refractivity contribution in [2.24, 2.45) is 16.7 Å². The van der Waals surface area contributed by atoms with Gasteiger partial charge in [0.1, 0.15) is 11.8 Å². The van der Waals surface area contributed by atoms with Crippen LogP contribution in [0.15, 0.2) is 53.4 Å². The molecule has 3 atom stereocenters. The highest BCUT2D eigenvalue weighted by Gasteiger charge is 2.65.